The fourth-order valence-electron chi connectivity index (χ4n) is 2.55. The minimum Gasteiger partial charge on any atom is -0.326 e. The van der Waals surface area contributed by atoms with Crippen LogP contribution in [0.15, 0.2) is 64.5 Å². The van der Waals surface area contributed by atoms with E-state index in [0.717, 1.165) is 0 Å². The van der Waals surface area contributed by atoms with Crippen LogP contribution in [0.4, 0.5) is 5.69 Å². The number of anilines is 1. The van der Waals surface area contributed by atoms with Crippen molar-refractivity contribution >= 4 is 32.5 Å². The highest BCUT2D eigenvalue weighted by Gasteiger charge is 2.11. The molecule has 0 fully saturated rings. The Labute approximate surface area is 155 Å². The Hall–Kier alpha value is -3.04. The number of benzene rings is 2. The molecule has 0 aliphatic heterocycles. The first-order valence-electron chi connectivity index (χ1n) is 8.18. The number of aromatic nitrogens is 2. The second-order valence-corrected chi connectivity index (χ2v) is 7.68. The summed E-state index contributed by atoms with van der Waals surface area (Å²) in [6.07, 6.45) is 1.51. The molecule has 0 bridgehead atoms. The summed E-state index contributed by atoms with van der Waals surface area (Å²) in [6, 6.07) is 12.8. The number of nitrogens with zero attached hydrogens (tertiary/aromatic N) is 2. The number of carbonyl (C=O) groups is 1. The van der Waals surface area contributed by atoms with E-state index in [9.17, 15) is 18.0 Å². The number of para-hydroxylation sites is 1. The van der Waals surface area contributed by atoms with Crippen LogP contribution in [-0.2, 0) is 21.4 Å². The maximum atomic E-state index is 12.4. The van der Waals surface area contributed by atoms with E-state index in [2.05, 4.69) is 15.0 Å². The van der Waals surface area contributed by atoms with Gasteiger partial charge in [0, 0.05) is 18.7 Å². The minimum atomic E-state index is -3.52. The topological polar surface area (TPSA) is 110 Å². The molecule has 1 amide bonds. The van der Waals surface area contributed by atoms with E-state index in [0.29, 0.717) is 16.6 Å². The fourth-order valence-corrected chi connectivity index (χ4v) is 3.28. The van der Waals surface area contributed by atoms with Gasteiger partial charge >= 0.3 is 0 Å². The molecule has 0 saturated heterocycles. The summed E-state index contributed by atoms with van der Waals surface area (Å²) in [5, 5.41) is 3.18. The highest BCUT2D eigenvalue weighted by molar-refractivity contribution is 7.89. The Morgan fingerprint density at radius 3 is 2.52 bits per heavy atom. The molecule has 3 aromatic rings. The van der Waals surface area contributed by atoms with Crippen LogP contribution in [-0.4, -0.2) is 30.9 Å². The van der Waals surface area contributed by atoms with Gasteiger partial charge in [0.2, 0.25) is 15.9 Å². The van der Waals surface area contributed by atoms with Crippen LogP contribution in [0.1, 0.15) is 6.42 Å². The molecule has 3 rings (SSSR count). The lowest BCUT2D eigenvalue weighted by Crippen LogP contribution is -2.23. The van der Waals surface area contributed by atoms with Crippen molar-refractivity contribution in [1.82, 2.24) is 14.3 Å². The first kappa shape index (κ1) is 18.7. The van der Waals surface area contributed by atoms with Crippen molar-refractivity contribution < 1.29 is 13.2 Å². The lowest BCUT2D eigenvalue weighted by atomic mass is 10.2. The van der Waals surface area contributed by atoms with Crippen molar-refractivity contribution in [3.05, 3.63) is 65.2 Å². The summed E-state index contributed by atoms with van der Waals surface area (Å²) in [5.41, 5.74) is 0.883. The van der Waals surface area contributed by atoms with Gasteiger partial charge in [0.1, 0.15) is 0 Å². The molecule has 140 valence electrons. The van der Waals surface area contributed by atoms with Crippen LogP contribution < -0.4 is 15.6 Å². The maximum absolute atomic E-state index is 12.4. The van der Waals surface area contributed by atoms with Crippen molar-refractivity contribution in [2.75, 3.05) is 12.4 Å². The average molecular weight is 386 g/mol. The number of aryl methyl sites for hydroxylation is 1. The molecule has 1 aromatic heterocycles. The highest BCUT2D eigenvalue weighted by Crippen LogP contribution is 2.14. The van der Waals surface area contributed by atoms with Gasteiger partial charge in [0.05, 0.1) is 22.1 Å². The van der Waals surface area contributed by atoms with Gasteiger partial charge in [-0.3, -0.25) is 14.2 Å². The average Bonchev–Trinajstić information content (AvgIpc) is 2.68. The predicted molar refractivity (Wildman–Crippen MR) is 102 cm³/mol. The Balaban J connectivity index is 1.65. The minimum absolute atomic E-state index is 0.0799. The molecule has 27 heavy (non-hydrogen) atoms. The second kappa shape index (κ2) is 7.68. The van der Waals surface area contributed by atoms with E-state index in [-0.39, 0.29) is 29.3 Å². The van der Waals surface area contributed by atoms with E-state index in [4.69, 9.17) is 0 Å². The number of rotatable bonds is 6. The van der Waals surface area contributed by atoms with E-state index in [1.807, 2.05) is 0 Å². The first-order valence-corrected chi connectivity index (χ1v) is 9.67. The molecule has 0 radical (unpaired) electrons. The quantitative estimate of drug-likeness (QED) is 0.664. The van der Waals surface area contributed by atoms with Crippen LogP contribution in [0.5, 0.6) is 0 Å². The van der Waals surface area contributed by atoms with E-state index < -0.39 is 10.0 Å². The van der Waals surface area contributed by atoms with Crippen LogP contribution in [0, 0.1) is 0 Å². The molecule has 0 atom stereocenters. The zero-order valence-corrected chi connectivity index (χ0v) is 15.4. The maximum Gasteiger partial charge on any atom is 0.261 e. The molecule has 2 aromatic carbocycles. The van der Waals surface area contributed by atoms with Gasteiger partial charge in [-0.25, -0.2) is 18.1 Å². The van der Waals surface area contributed by atoms with Crippen LogP contribution >= 0.6 is 0 Å². The normalized spacial score (nSPS) is 11.4. The number of amides is 1. The molecule has 0 unspecified atom stereocenters. The summed E-state index contributed by atoms with van der Waals surface area (Å²) >= 11 is 0. The third kappa shape index (κ3) is 4.21. The SMILES string of the molecule is CNS(=O)(=O)c1ccc(NC(=O)CCn2cnc3ccccc3c2=O)cc1. The van der Waals surface area contributed by atoms with Gasteiger partial charge in [0.15, 0.2) is 0 Å². The van der Waals surface area contributed by atoms with Crippen molar-refractivity contribution in [2.45, 2.75) is 17.9 Å². The lowest BCUT2D eigenvalue weighted by Gasteiger charge is -2.08. The predicted octanol–water partition coefficient (Wildman–Crippen LogP) is 1.33. The Morgan fingerprint density at radius 2 is 1.81 bits per heavy atom. The van der Waals surface area contributed by atoms with Gasteiger partial charge in [-0.2, -0.15) is 0 Å². The summed E-state index contributed by atoms with van der Waals surface area (Å²) < 4.78 is 27.0. The van der Waals surface area contributed by atoms with Crippen molar-refractivity contribution in [3.63, 3.8) is 0 Å². The Bertz CT molecular complexity index is 1140. The van der Waals surface area contributed by atoms with Crippen LogP contribution in [0.3, 0.4) is 0 Å². The number of hydrogen-bond donors (Lipinski definition) is 2. The fraction of sp³-hybridized carbons (Fsp3) is 0.167. The third-order valence-electron chi connectivity index (χ3n) is 4.03. The molecule has 0 aliphatic rings. The monoisotopic (exact) mass is 386 g/mol. The second-order valence-electron chi connectivity index (χ2n) is 5.79. The van der Waals surface area contributed by atoms with Crippen LogP contribution in [0.25, 0.3) is 10.9 Å². The van der Waals surface area contributed by atoms with Crippen LogP contribution in [0.2, 0.25) is 0 Å². The summed E-state index contributed by atoms with van der Waals surface area (Å²) in [6.45, 7) is 0.189. The van der Waals surface area contributed by atoms with Crippen molar-refractivity contribution in [3.8, 4) is 0 Å². The Kier molecular flexibility index (Phi) is 5.33. The van der Waals surface area contributed by atoms with Crippen molar-refractivity contribution in [1.29, 1.82) is 0 Å². The summed E-state index contributed by atoms with van der Waals surface area (Å²) in [5.74, 6) is -0.292. The van der Waals surface area contributed by atoms with Crippen molar-refractivity contribution in [2.24, 2.45) is 0 Å². The lowest BCUT2D eigenvalue weighted by molar-refractivity contribution is -0.116. The highest BCUT2D eigenvalue weighted by atomic mass is 32.2. The zero-order chi connectivity index (χ0) is 19.4. The molecule has 0 spiro atoms. The standard InChI is InChI=1S/C18H18N4O4S/c1-19-27(25,26)14-8-6-13(7-9-14)21-17(23)10-11-22-12-20-16-5-3-2-4-15(16)18(22)24/h2-9,12,19H,10-11H2,1H3,(H,21,23). The molecule has 9 heteroatoms. The largest absolute Gasteiger partial charge is 0.326 e. The van der Waals surface area contributed by atoms with E-state index in [1.165, 1.54) is 42.2 Å². The number of nitrogens with one attached hydrogen (secondary N) is 2. The molecule has 0 saturated carbocycles. The molecule has 1 heterocycles. The first-order chi connectivity index (χ1) is 12.9. The number of hydrogen-bond acceptors (Lipinski definition) is 5. The number of fused-ring (bicyclic) bond motifs is 1. The zero-order valence-electron chi connectivity index (χ0n) is 14.5. The molecule has 8 nitrogen and oxygen atoms in total. The molecular weight excluding hydrogens is 368 g/mol. The third-order valence-corrected chi connectivity index (χ3v) is 5.46. The molecular formula is C18H18N4O4S. The number of carbonyl (C=O) groups excluding carboxylic acids is 1. The van der Waals surface area contributed by atoms with Gasteiger partial charge < -0.3 is 5.32 Å². The van der Waals surface area contributed by atoms with E-state index in [1.54, 1.807) is 24.3 Å². The van der Waals surface area contributed by atoms with Gasteiger partial charge in [-0.05, 0) is 43.4 Å². The smallest absolute Gasteiger partial charge is 0.261 e. The van der Waals surface area contributed by atoms with Gasteiger partial charge in [-0.15, -0.1) is 0 Å². The molecule has 0 aliphatic carbocycles. The summed E-state index contributed by atoms with van der Waals surface area (Å²) in [7, 11) is -2.19. The molecule has 2 N–H and O–H groups in total. The van der Waals surface area contributed by atoms with E-state index >= 15 is 0 Å². The Morgan fingerprint density at radius 1 is 1.11 bits per heavy atom. The summed E-state index contributed by atoms with van der Waals surface area (Å²) in [4.78, 5) is 28.8. The number of sulfonamides is 1. The van der Waals surface area contributed by atoms with Gasteiger partial charge in [-0.1, -0.05) is 12.1 Å². The van der Waals surface area contributed by atoms with Gasteiger partial charge in [0.25, 0.3) is 5.56 Å².